The van der Waals surface area contributed by atoms with E-state index in [0.717, 1.165) is 27.3 Å². The fraction of sp³-hybridized carbons (Fsp3) is 0.143. The molecule has 0 bridgehead atoms. The molecule has 3 aromatic carbocycles. The fourth-order valence-corrected chi connectivity index (χ4v) is 4.23. The number of hydrogen-bond donors (Lipinski definition) is 1. The van der Waals surface area contributed by atoms with Crippen molar-refractivity contribution in [1.29, 1.82) is 0 Å². The van der Waals surface area contributed by atoms with Crippen LogP contribution >= 0.6 is 11.3 Å². The number of benzene rings is 3. The Hall–Kier alpha value is -3.90. The smallest absolute Gasteiger partial charge is 0.250 e. The normalized spacial score (nSPS) is 10.9. The van der Waals surface area contributed by atoms with E-state index < -0.39 is 0 Å². The molecule has 1 N–H and O–H groups in total. The minimum absolute atomic E-state index is 0.243. The fourth-order valence-electron chi connectivity index (χ4n) is 3.39. The van der Waals surface area contributed by atoms with Gasteiger partial charge in [0.25, 0.3) is 0 Å². The average Bonchev–Trinajstić information content (AvgIpc) is 3.22. The van der Waals surface area contributed by atoms with E-state index in [4.69, 9.17) is 9.47 Å². The van der Waals surface area contributed by atoms with Gasteiger partial charge in [0.05, 0.1) is 12.8 Å². The van der Waals surface area contributed by atoms with Crippen LogP contribution in [0.5, 0.6) is 11.5 Å². The summed E-state index contributed by atoms with van der Waals surface area (Å²) >= 11 is 1.46. The average molecular weight is 471 g/mol. The Kier molecular flexibility index (Phi) is 7.40. The second-order valence-electron chi connectivity index (χ2n) is 7.80. The maximum atomic E-state index is 12.5. The first kappa shape index (κ1) is 23.3. The Labute approximate surface area is 203 Å². The molecule has 0 saturated carbocycles. The van der Waals surface area contributed by atoms with Crippen LogP contribution in [0.15, 0.2) is 78.9 Å². The van der Waals surface area contributed by atoms with Crippen LogP contribution in [0.2, 0.25) is 0 Å². The predicted molar refractivity (Wildman–Crippen MR) is 138 cm³/mol. The number of nitrogens with zero attached hydrogens (tertiary/aromatic N) is 1. The second-order valence-corrected chi connectivity index (χ2v) is 9.00. The van der Waals surface area contributed by atoms with Gasteiger partial charge >= 0.3 is 0 Å². The number of ether oxygens (including phenoxy) is 2. The lowest BCUT2D eigenvalue weighted by Crippen LogP contribution is -2.07. The zero-order valence-corrected chi connectivity index (χ0v) is 20.2. The second kappa shape index (κ2) is 10.8. The molecule has 0 saturated heterocycles. The summed E-state index contributed by atoms with van der Waals surface area (Å²) in [6.45, 7) is 4.51. The molecular weight excluding hydrogens is 444 g/mol. The Morgan fingerprint density at radius 3 is 2.50 bits per heavy atom. The summed E-state index contributed by atoms with van der Waals surface area (Å²) in [6.07, 6.45) is 3.22. The number of carbonyl (C=O) groups excluding carboxylic acids is 1. The first-order valence-corrected chi connectivity index (χ1v) is 11.7. The largest absolute Gasteiger partial charge is 0.493 e. The monoisotopic (exact) mass is 470 g/mol. The lowest BCUT2D eigenvalue weighted by molar-refractivity contribution is -0.111. The molecular formula is C28H26N2O3S. The number of thiazole rings is 1. The summed E-state index contributed by atoms with van der Waals surface area (Å²) in [5.74, 6) is 1.01. The van der Waals surface area contributed by atoms with Crippen molar-refractivity contribution in [1.82, 2.24) is 4.98 Å². The van der Waals surface area contributed by atoms with E-state index >= 15 is 0 Å². The molecule has 0 aliphatic rings. The molecule has 6 heteroatoms. The predicted octanol–water partition coefficient (Wildman–Crippen LogP) is 6.67. The highest BCUT2D eigenvalue weighted by Crippen LogP contribution is 2.31. The first-order chi connectivity index (χ1) is 16.5. The zero-order valence-electron chi connectivity index (χ0n) is 19.4. The van der Waals surface area contributed by atoms with Gasteiger partial charge < -0.3 is 9.47 Å². The van der Waals surface area contributed by atoms with Crippen LogP contribution in [0.25, 0.3) is 17.3 Å². The SMILES string of the molecule is COc1cc(/C=C/C(=O)Nc2nc(-c3ccc(C)cc3)c(C)s2)ccc1OCc1ccccc1. The van der Waals surface area contributed by atoms with Crippen LogP contribution in [-0.4, -0.2) is 18.0 Å². The molecule has 1 amide bonds. The maximum absolute atomic E-state index is 12.5. The number of methoxy groups -OCH3 is 1. The lowest BCUT2D eigenvalue weighted by Gasteiger charge is -2.11. The number of amides is 1. The van der Waals surface area contributed by atoms with Gasteiger partial charge in [-0.3, -0.25) is 10.1 Å². The number of anilines is 1. The zero-order chi connectivity index (χ0) is 23.9. The minimum atomic E-state index is -0.243. The summed E-state index contributed by atoms with van der Waals surface area (Å²) < 4.78 is 11.4. The molecule has 0 aliphatic carbocycles. The molecule has 0 spiro atoms. The topological polar surface area (TPSA) is 60.5 Å². The Bertz CT molecular complexity index is 1300. The highest BCUT2D eigenvalue weighted by molar-refractivity contribution is 7.16. The van der Waals surface area contributed by atoms with Crippen molar-refractivity contribution in [3.63, 3.8) is 0 Å². The first-order valence-electron chi connectivity index (χ1n) is 10.9. The van der Waals surface area contributed by atoms with Gasteiger partial charge in [-0.05, 0) is 43.2 Å². The Morgan fingerprint density at radius 1 is 1.00 bits per heavy atom. The number of hydrogen-bond acceptors (Lipinski definition) is 5. The molecule has 0 atom stereocenters. The molecule has 0 unspecified atom stereocenters. The van der Waals surface area contributed by atoms with E-state index in [0.29, 0.717) is 23.2 Å². The third-order valence-electron chi connectivity index (χ3n) is 5.20. The van der Waals surface area contributed by atoms with Crippen molar-refractivity contribution in [2.75, 3.05) is 12.4 Å². The summed E-state index contributed by atoms with van der Waals surface area (Å²) in [4.78, 5) is 18.1. The highest BCUT2D eigenvalue weighted by Gasteiger charge is 2.11. The standard InChI is InChI=1S/C28H26N2O3S/c1-19-9-13-23(14-10-19)27-20(2)34-28(30-27)29-26(31)16-12-21-11-15-24(25(17-21)32-3)33-18-22-7-5-4-6-8-22/h4-17H,18H2,1-3H3,(H,29,30,31)/b16-12+. The maximum Gasteiger partial charge on any atom is 0.250 e. The summed E-state index contributed by atoms with van der Waals surface area (Å²) in [5.41, 5.74) is 5.03. The van der Waals surface area contributed by atoms with Crippen molar-refractivity contribution in [3.8, 4) is 22.8 Å². The van der Waals surface area contributed by atoms with Gasteiger partial charge in [0.2, 0.25) is 5.91 Å². The highest BCUT2D eigenvalue weighted by atomic mass is 32.1. The number of nitrogens with one attached hydrogen (secondary N) is 1. The molecule has 4 rings (SSSR count). The number of aryl methyl sites for hydroxylation is 2. The van der Waals surface area contributed by atoms with Gasteiger partial charge in [-0.15, -0.1) is 11.3 Å². The third-order valence-corrected chi connectivity index (χ3v) is 6.09. The van der Waals surface area contributed by atoms with Gasteiger partial charge in [0.1, 0.15) is 6.61 Å². The van der Waals surface area contributed by atoms with Crippen molar-refractivity contribution >= 4 is 28.5 Å². The van der Waals surface area contributed by atoms with E-state index in [9.17, 15) is 4.79 Å². The van der Waals surface area contributed by atoms with Crippen LogP contribution in [0.4, 0.5) is 5.13 Å². The molecule has 0 fully saturated rings. The lowest BCUT2D eigenvalue weighted by atomic mass is 10.1. The van der Waals surface area contributed by atoms with Gasteiger partial charge in [-0.2, -0.15) is 0 Å². The number of carbonyl (C=O) groups is 1. The molecule has 4 aromatic rings. The molecule has 0 aliphatic heterocycles. The van der Waals surface area contributed by atoms with Gasteiger partial charge in [0, 0.05) is 16.5 Å². The van der Waals surface area contributed by atoms with Crippen LogP contribution in [0.3, 0.4) is 0 Å². The minimum Gasteiger partial charge on any atom is -0.493 e. The quantitative estimate of drug-likeness (QED) is 0.292. The Morgan fingerprint density at radius 2 is 1.76 bits per heavy atom. The molecule has 0 radical (unpaired) electrons. The molecule has 1 heterocycles. The van der Waals surface area contributed by atoms with Crippen LogP contribution in [-0.2, 0) is 11.4 Å². The van der Waals surface area contributed by atoms with E-state index in [2.05, 4.69) is 29.4 Å². The third kappa shape index (κ3) is 5.91. The summed E-state index contributed by atoms with van der Waals surface area (Å²) in [6, 6.07) is 23.7. The van der Waals surface area contributed by atoms with Crippen molar-refractivity contribution in [3.05, 3.63) is 100 Å². The molecule has 1 aromatic heterocycles. The summed E-state index contributed by atoms with van der Waals surface area (Å²) in [7, 11) is 1.60. The van der Waals surface area contributed by atoms with Crippen LogP contribution < -0.4 is 14.8 Å². The van der Waals surface area contributed by atoms with Crippen molar-refractivity contribution in [2.24, 2.45) is 0 Å². The number of rotatable bonds is 8. The molecule has 172 valence electrons. The van der Waals surface area contributed by atoms with Crippen molar-refractivity contribution < 1.29 is 14.3 Å². The Balaban J connectivity index is 1.40. The van der Waals surface area contributed by atoms with E-state index in [1.54, 1.807) is 13.2 Å². The van der Waals surface area contributed by atoms with Gasteiger partial charge in [-0.1, -0.05) is 66.2 Å². The van der Waals surface area contributed by atoms with Gasteiger partial charge in [0.15, 0.2) is 16.6 Å². The summed E-state index contributed by atoms with van der Waals surface area (Å²) in [5, 5.41) is 3.43. The van der Waals surface area contributed by atoms with Crippen molar-refractivity contribution in [2.45, 2.75) is 20.5 Å². The number of aromatic nitrogens is 1. The van der Waals surface area contributed by atoms with E-state index in [1.807, 2.05) is 67.6 Å². The van der Waals surface area contributed by atoms with Gasteiger partial charge in [-0.25, -0.2) is 4.98 Å². The van der Waals surface area contributed by atoms with Crippen LogP contribution in [0.1, 0.15) is 21.6 Å². The molecule has 5 nitrogen and oxygen atoms in total. The van der Waals surface area contributed by atoms with E-state index in [-0.39, 0.29) is 5.91 Å². The van der Waals surface area contributed by atoms with E-state index in [1.165, 1.54) is 23.0 Å². The van der Waals surface area contributed by atoms with Crippen LogP contribution in [0, 0.1) is 13.8 Å². The molecule has 34 heavy (non-hydrogen) atoms.